The highest BCUT2D eigenvalue weighted by Gasteiger charge is 2.16. The summed E-state index contributed by atoms with van der Waals surface area (Å²) in [7, 11) is 0. The second-order valence-corrected chi connectivity index (χ2v) is 5.26. The maximum absolute atomic E-state index is 12.0. The number of nitro benzene ring substituents is 1. The predicted molar refractivity (Wildman–Crippen MR) is 74.3 cm³/mol. The lowest BCUT2D eigenvalue weighted by atomic mass is 10.2. The number of non-ortho nitro benzene ring substituents is 1. The molecule has 1 amide bonds. The molecule has 0 bridgehead atoms. The molecule has 0 unspecified atom stereocenters. The Morgan fingerprint density at radius 2 is 2.15 bits per heavy atom. The lowest BCUT2D eigenvalue weighted by Crippen LogP contribution is -2.11. The summed E-state index contributed by atoms with van der Waals surface area (Å²) >= 11 is 1.24. The number of benzene rings is 1. The van der Waals surface area contributed by atoms with Crippen molar-refractivity contribution >= 4 is 28.6 Å². The number of carbonyl (C=O) groups excluding carboxylic acids is 1. The first kappa shape index (κ1) is 13.9. The molecule has 0 aliphatic carbocycles. The average Bonchev–Trinajstić information content (AvgIpc) is 2.70. The van der Waals surface area contributed by atoms with E-state index in [2.05, 4.69) is 10.3 Å². The van der Waals surface area contributed by atoms with Gasteiger partial charge in [0.15, 0.2) is 0 Å². The van der Waals surface area contributed by atoms with Crippen LogP contribution in [0.25, 0.3) is 0 Å². The molecule has 20 heavy (non-hydrogen) atoms. The summed E-state index contributed by atoms with van der Waals surface area (Å²) in [6.07, 6.45) is 0. The van der Waals surface area contributed by atoms with Gasteiger partial charge in [-0.05, 0) is 19.9 Å². The minimum atomic E-state index is -0.623. The van der Waals surface area contributed by atoms with Gasteiger partial charge in [-0.3, -0.25) is 14.9 Å². The molecule has 0 saturated heterocycles. The van der Waals surface area contributed by atoms with E-state index in [9.17, 15) is 20.0 Å². The third kappa shape index (κ3) is 2.75. The van der Waals surface area contributed by atoms with Crippen molar-refractivity contribution in [3.8, 4) is 5.75 Å². The smallest absolute Gasteiger partial charge is 0.273 e. The van der Waals surface area contributed by atoms with E-state index in [1.165, 1.54) is 23.5 Å². The fraction of sp³-hybridized carbons (Fsp3) is 0.167. The van der Waals surface area contributed by atoms with Crippen molar-refractivity contribution < 1.29 is 14.8 Å². The van der Waals surface area contributed by atoms with Crippen LogP contribution in [0, 0.1) is 24.0 Å². The van der Waals surface area contributed by atoms with E-state index >= 15 is 0 Å². The van der Waals surface area contributed by atoms with Gasteiger partial charge in [0.1, 0.15) is 10.6 Å². The molecule has 0 aliphatic heterocycles. The van der Waals surface area contributed by atoms with Crippen LogP contribution in [0.3, 0.4) is 0 Å². The van der Waals surface area contributed by atoms with Crippen molar-refractivity contribution in [2.75, 3.05) is 5.32 Å². The summed E-state index contributed by atoms with van der Waals surface area (Å²) in [6, 6.07) is 3.48. The van der Waals surface area contributed by atoms with E-state index in [4.69, 9.17) is 0 Å². The van der Waals surface area contributed by atoms with Crippen LogP contribution in [-0.2, 0) is 0 Å². The Labute approximate surface area is 118 Å². The summed E-state index contributed by atoms with van der Waals surface area (Å²) < 4.78 is 0. The Morgan fingerprint density at radius 1 is 1.45 bits per heavy atom. The number of nitro groups is 1. The van der Waals surface area contributed by atoms with Gasteiger partial charge in [0, 0.05) is 6.07 Å². The largest absolute Gasteiger partial charge is 0.506 e. The zero-order chi connectivity index (χ0) is 14.9. The molecule has 0 spiro atoms. The highest BCUT2D eigenvalue weighted by atomic mass is 32.1. The van der Waals surface area contributed by atoms with Crippen LogP contribution in [-0.4, -0.2) is 20.9 Å². The maximum Gasteiger partial charge on any atom is 0.273 e. The van der Waals surface area contributed by atoms with E-state index in [0.29, 0.717) is 10.6 Å². The lowest BCUT2D eigenvalue weighted by molar-refractivity contribution is -0.384. The van der Waals surface area contributed by atoms with Gasteiger partial charge in [0.05, 0.1) is 27.4 Å². The number of phenols is 1. The van der Waals surface area contributed by atoms with Crippen molar-refractivity contribution in [3.05, 3.63) is 43.9 Å². The number of amides is 1. The third-order valence-electron chi connectivity index (χ3n) is 2.55. The molecule has 0 fully saturated rings. The molecule has 7 nitrogen and oxygen atoms in total. The molecule has 0 aliphatic rings. The van der Waals surface area contributed by atoms with Crippen molar-refractivity contribution in [2.45, 2.75) is 13.8 Å². The number of hydrogen-bond donors (Lipinski definition) is 2. The molecule has 1 aromatic carbocycles. The summed E-state index contributed by atoms with van der Waals surface area (Å²) in [5, 5.41) is 23.5. The number of aromatic nitrogens is 1. The van der Waals surface area contributed by atoms with Crippen LogP contribution >= 0.6 is 11.3 Å². The highest BCUT2D eigenvalue weighted by molar-refractivity contribution is 7.13. The van der Waals surface area contributed by atoms with E-state index < -0.39 is 10.8 Å². The van der Waals surface area contributed by atoms with Crippen molar-refractivity contribution in [1.29, 1.82) is 0 Å². The fourth-order valence-corrected chi connectivity index (χ4v) is 2.48. The molecule has 2 rings (SSSR count). The van der Waals surface area contributed by atoms with E-state index in [1.54, 1.807) is 13.8 Å². The number of hydrogen-bond acceptors (Lipinski definition) is 6. The highest BCUT2D eigenvalue weighted by Crippen LogP contribution is 2.29. The number of nitrogens with zero attached hydrogens (tertiary/aromatic N) is 2. The zero-order valence-electron chi connectivity index (χ0n) is 10.7. The zero-order valence-corrected chi connectivity index (χ0v) is 11.5. The van der Waals surface area contributed by atoms with Gasteiger partial charge >= 0.3 is 0 Å². The van der Waals surface area contributed by atoms with Crippen LogP contribution < -0.4 is 5.32 Å². The number of thiazole rings is 1. The summed E-state index contributed by atoms with van der Waals surface area (Å²) in [6.45, 7) is 3.51. The topological polar surface area (TPSA) is 105 Å². The molecular formula is C12H11N3O4S. The summed E-state index contributed by atoms with van der Waals surface area (Å²) in [5.74, 6) is -0.760. The van der Waals surface area contributed by atoms with Gasteiger partial charge < -0.3 is 10.4 Å². The quantitative estimate of drug-likeness (QED) is 0.514. The molecule has 2 N–H and O–H groups in total. The van der Waals surface area contributed by atoms with Gasteiger partial charge in [0.2, 0.25) is 0 Å². The first-order valence-corrected chi connectivity index (χ1v) is 6.43. The van der Waals surface area contributed by atoms with Crippen molar-refractivity contribution in [3.63, 3.8) is 0 Å². The molecule has 0 atom stereocenters. The number of aromatic hydroxyl groups is 1. The molecule has 104 valence electrons. The molecule has 8 heteroatoms. The van der Waals surface area contributed by atoms with Crippen molar-refractivity contribution in [2.24, 2.45) is 0 Å². The SMILES string of the molecule is Cc1nc(C)c(C(=O)Nc2ccc([N+](=O)[O-])cc2O)s1. The molecule has 0 saturated carbocycles. The second kappa shape index (κ2) is 5.25. The van der Waals surface area contributed by atoms with Gasteiger partial charge in [-0.2, -0.15) is 0 Å². The normalized spacial score (nSPS) is 10.3. The fourth-order valence-electron chi connectivity index (χ4n) is 1.66. The van der Waals surface area contributed by atoms with Crippen LogP contribution in [0.4, 0.5) is 11.4 Å². The van der Waals surface area contributed by atoms with E-state index in [0.717, 1.165) is 11.1 Å². The Morgan fingerprint density at radius 3 is 2.65 bits per heavy atom. The summed E-state index contributed by atoms with van der Waals surface area (Å²) in [4.78, 5) is 26.6. The van der Waals surface area contributed by atoms with Gasteiger partial charge in [-0.25, -0.2) is 4.98 Å². The molecule has 1 heterocycles. The van der Waals surface area contributed by atoms with Crippen LogP contribution in [0.5, 0.6) is 5.75 Å². The first-order chi connectivity index (χ1) is 9.38. The molecular weight excluding hydrogens is 282 g/mol. The van der Waals surface area contributed by atoms with Gasteiger partial charge in [-0.1, -0.05) is 0 Å². The second-order valence-electron chi connectivity index (χ2n) is 4.06. The summed E-state index contributed by atoms with van der Waals surface area (Å²) in [5.41, 5.74) is 0.475. The number of phenolic OH excluding ortho intramolecular Hbond substituents is 1. The van der Waals surface area contributed by atoms with Crippen LogP contribution in [0.15, 0.2) is 18.2 Å². The van der Waals surface area contributed by atoms with Crippen LogP contribution in [0.2, 0.25) is 0 Å². The number of rotatable bonds is 3. The maximum atomic E-state index is 12.0. The minimum Gasteiger partial charge on any atom is -0.506 e. The number of aryl methyl sites for hydroxylation is 2. The lowest BCUT2D eigenvalue weighted by Gasteiger charge is -2.06. The van der Waals surface area contributed by atoms with Gasteiger partial charge in [-0.15, -0.1) is 11.3 Å². The Hall–Kier alpha value is -2.48. The van der Waals surface area contributed by atoms with E-state index in [1.807, 2.05) is 0 Å². The van der Waals surface area contributed by atoms with Gasteiger partial charge in [0.25, 0.3) is 11.6 Å². The Balaban J connectivity index is 2.24. The minimum absolute atomic E-state index is 0.117. The van der Waals surface area contributed by atoms with Crippen molar-refractivity contribution in [1.82, 2.24) is 4.98 Å². The molecule has 2 aromatic rings. The Kier molecular flexibility index (Phi) is 3.66. The number of carbonyl (C=O) groups is 1. The monoisotopic (exact) mass is 293 g/mol. The number of anilines is 1. The first-order valence-electron chi connectivity index (χ1n) is 5.61. The Bertz CT molecular complexity index is 696. The number of nitrogens with one attached hydrogen (secondary N) is 1. The predicted octanol–water partition coefficient (Wildman–Crippen LogP) is 2.63. The average molecular weight is 293 g/mol. The third-order valence-corrected chi connectivity index (χ3v) is 3.62. The standard InChI is InChI=1S/C12H11N3O4S/c1-6-11(20-7(2)13-6)12(17)14-9-4-3-8(15(18)19)5-10(9)16/h3-5,16H,1-2H3,(H,14,17). The van der Waals surface area contributed by atoms with Crippen LogP contribution in [0.1, 0.15) is 20.4 Å². The molecule has 1 aromatic heterocycles. The van der Waals surface area contributed by atoms with E-state index in [-0.39, 0.29) is 17.1 Å². The molecule has 0 radical (unpaired) electrons.